The van der Waals surface area contributed by atoms with Gasteiger partial charge in [-0.15, -0.1) is 0 Å². The third-order valence-electron chi connectivity index (χ3n) is 7.29. The van der Waals surface area contributed by atoms with E-state index in [1.54, 1.807) is 18.4 Å². The Kier molecular flexibility index (Phi) is 8.44. The average molecular weight is 580 g/mol. The first kappa shape index (κ1) is 29.8. The van der Waals surface area contributed by atoms with E-state index in [1.165, 1.54) is 49.4 Å². The molecule has 1 amide bonds. The van der Waals surface area contributed by atoms with Crippen molar-refractivity contribution in [3.8, 4) is 0 Å². The lowest BCUT2D eigenvalue weighted by molar-refractivity contribution is -0.138. The Morgan fingerprint density at radius 1 is 1.20 bits per heavy atom. The number of hydrogen-bond donors (Lipinski definition) is 2. The maximum absolute atomic E-state index is 13.7. The zero-order valence-corrected chi connectivity index (χ0v) is 23.3. The molecule has 3 aromatic rings. The van der Waals surface area contributed by atoms with Gasteiger partial charge in [-0.2, -0.15) is 13.2 Å². The number of hydrogen-bond acceptors (Lipinski definition) is 6. The van der Waals surface area contributed by atoms with Crippen LogP contribution in [-0.4, -0.2) is 47.9 Å². The Bertz CT molecular complexity index is 1480. The van der Waals surface area contributed by atoms with E-state index in [9.17, 15) is 31.5 Å². The molecule has 12 heteroatoms. The molecule has 1 saturated heterocycles. The third-order valence-corrected chi connectivity index (χ3v) is 9.04. The lowest BCUT2D eigenvalue weighted by Crippen LogP contribution is -2.31. The molecule has 2 heterocycles. The molecule has 0 radical (unpaired) electrons. The van der Waals surface area contributed by atoms with Gasteiger partial charge >= 0.3 is 6.18 Å². The summed E-state index contributed by atoms with van der Waals surface area (Å²) in [5.74, 6) is -0.348. The van der Waals surface area contributed by atoms with E-state index in [4.69, 9.17) is 4.74 Å². The van der Waals surface area contributed by atoms with Crippen molar-refractivity contribution in [2.24, 2.45) is 0 Å². The maximum Gasteiger partial charge on any atom is 0.416 e. The van der Waals surface area contributed by atoms with E-state index in [-0.39, 0.29) is 28.5 Å². The van der Waals surface area contributed by atoms with Crippen molar-refractivity contribution in [1.29, 1.82) is 0 Å². The number of halogens is 3. The van der Waals surface area contributed by atoms with Gasteiger partial charge in [-0.05, 0) is 56.0 Å². The second-order valence-electron chi connectivity index (χ2n) is 9.97. The van der Waals surface area contributed by atoms with Gasteiger partial charge in [-0.1, -0.05) is 37.3 Å². The van der Waals surface area contributed by atoms with Gasteiger partial charge in [0.25, 0.3) is 5.91 Å². The number of aliphatic hydroxyl groups is 1. The predicted octanol–water partition coefficient (Wildman–Crippen LogP) is 4.54. The number of rotatable bonds is 9. The normalized spacial score (nSPS) is 18.6. The van der Waals surface area contributed by atoms with Gasteiger partial charge in [0.05, 0.1) is 28.9 Å². The lowest BCUT2D eigenvalue weighted by atomic mass is 10.0. The molecule has 0 spiro atoms. The molecular formula is C28H32F3N3O5S. The van der Waals surface area contributed by atoms with Crippen molar-refractivity contribution in [3.63, 3.8) is 0 Å². The minimum Gasteiger partial charge on any atom is -0.394 e. The number of sulfone groups is 1. The number of aromatic nitrogens is 2. The van der Waals surface area contributed by atoms with Crippen LogP contribution in [0.4, 0.5) is 13.2 Å². The molecule has 216 valence electrons. The van der Waals surface area contributed by atoms with Crippen LogP contribution in [0.25, 0.3) is 0 Å². The van der Waals surface area contributed by atoms with E-state index < -0.39 is 45.7 Å². The molecule has 1 fully saturated rings. The summed E-state index contributed by atoms with van der Waals surface area (Å²) in [6, 6.07) is 10.3. The highest BCUT2D eigenvalue weighted by atomic mass is 32.2. The van der Waals surface area contributed by atoms with Crippen LogP contribution in [-0.2, 0) is 32.9 Å². The second-order valence-corrected chi connectivity index (χ2v) is 12.3. The summed E-state index contributed by atoms with van der Waals surface area (Å²) in [4.78, 5) is 18.1. The van der Waals surface area contributed by atoms with Crippen LogP contribution in [0.1, 0.15) is 71.4 Å². The number of amides is 1. The summed E-state index contributed by atoms with van der Waals surface area (Å²) in [6.07, 6.45) is -3.24. The van der Waals surface area contributed by atoms with Gasteiger partial charge in [0.1, 0.15) is 17.1 Å². The maximum atomic E-state index is 13.7. The first-order chi connectivity index (χ1) is 18.8. The van der Waals surface area contributed by atoms with E-state index in [0.717, 1.165) is 12.5 Å². The monoisotopic (exact) mass is 579 g/mol. The van der Waals surface area contributed by atoms with Gasteiger partial charge in [0, 0.05) is 18.8 Å². The summed E-state index contributed by atoms with van der Waals surface area (Å²) in [6.45, 7) is 4.76. The number of nitrogens with one attached hydrogen (secondary N) is 1. The predicted molar refractivity (Wildman–Crippen MR) is 142 cm³/mol. The number of benzene rings is 2. The van der Waals surface area contributed by atoms with E-state index in [0.29, 0.717) is 30.1 Å². The highest BCUT2D eigenvalue weighted by Crippen LogP contribution is 2.38. The van der Waals surface area contributed by atoms with Crippen LogP contribution in [0, 0.1) is 6.92 Å². The Morgan fingerprint density at radius 3 is 2.45 bits per heavy atom. The van der Waals surface area contributed by atoms with Crippen LogP contribution < -0.4 is 5.32 Å². The van der Waals surface area contributed by atoms with Crippen molar-refractivity contribution in [3.05, 3.63) is 82.4 Å². The summed E-state index contributed by atoms with van der Waals surface area (Å²) >= 11 is 0. The molecule has 1 unspecified atom stereocenters. The zero-order chi connectivity index (χ0) is 29.3. The number of nitrogens with zero attached hydrogens (tertiary/aromatic N) is 2. The summed E-state index contributed by atoms with van der Waals surface area (Å²) in [7, 11) is -3.42. The summed E-state index contributed by atoms with van der Waals surface area (Å²) in [5.41, 5.74) is -0.810. The number of carbonyl (C=O) groups excluding carboxylic acids is 1. The Hall–Kier alpha value is -3.22. The molecule has 1 aliphatic heterocycles. The van der Waals surface area contributed by atoms with E-state index in [2.05, 4.69) is 10.3 Å². The fraction of sp³-hybridized carbons (Fsp3) is 0.429. The number of carbonyl (C=O) groups is 1. The standard InChI is InChI=1S/C28H32F3N3O5S/c1-4-40(37,38)21-12-10-19(11-13-21)23(17-35)32-25(36)24-18(2)34(26(33-24)27(3)14-7-15-39-27)16-20-8-5-6-9-22(20)28(29,30)31/h5-6,8-13,23,35H,4,7,14-17H2,1-3H3,(H,32,36)/t23-,27?/m0/s1. The minimum atomic E-state index is -4.56. The molecule has 1 aliphatic rings. The van der Waals surface area contributed by atoms with Gasteiger partial charge in [-0.3, -0.25) is 4.79 Å². The van der Waals surface area contributed by atoms with Crippen molar-refractivity contribution in [2.75, 3.05) is 19.0 Å². The van der Waals surface area contributed by atoms with Crippen LogP contribution >= 0.6 is 0 Å². The smallest absolute Gasteiger partial charge is 0.394 e. The topological polar surface area (TPSA) is 111 Å². The number of ether oxygens (including phenoxy) is 1. The van der Waals surface area contributed by atoms with Crippen molar-refractivity contribution in [2.45, 2.75) is 62.9 Å². The highest BCUT2D eigenvalue weighted by Gasteiger charge is 2.39. The molecule has 0 aliphatic carbocycles. The average Bonchev–Trinajstić information content (AvgIpc) is 3.51. The van der Waals surface area contributed by atoms with Gasteiger partial charge < -0.3 is 19.7 Å². The van der Waals surface area contributed by atoms with E-state index in [1.807, 2.05) is 0 Å². The van der Waals surface area contributed by atoms with Gasteiger partial charge in [0.15, 0.2) is 9.84 Å². The quantitative estimate of drug-likeness (QED) is 0.385. The van der Waals surface area contributed by atoms with Crippen molar-refractivity contribution < 1.29 is 36.2 Å². The molecule has 1 aromatic heterocycles. The molecule has 2 atom stereocenters. The van der Waals surface area contributed by atoms with Crippen molar-refractivity contribution in [1.82, 2.24) is 14.9 Å². The number of alkyl halides is 3. The largest absolute Gasteiger partial charge is 0.416 e. The molecule has 0 bridgehead atoms. The Morgan fingerprint density at radius 2 is 1.88 bits per heavy atom. The first-order valence-corrected chi connectivity index (χ1v) is 14.6. The fourth-order valence-corrected chi connectivity index (χ4v) is 5.83. The zero-order valence-electron chi connectivity index (χ0n) is 22.5. The molecule has 40 heavy (non-hydrogen) atoms. The van der Waals surface area contributed by atoms with Gasteiger partial charge in [0.2, 0.25) is 0 Å². The van der Waals surface area contributed by atoms with Crippen LogP contribution in [0.5, 0.6) is 0 Å². The molecule has 8 nitrogen and oxygen atoms in total. The summed E-state index contributed by atoms with van der Waals surface area (Å²) in [5, 5.41) is 12.7. The molecule has 0 saturated carbocycles. The third kappa shape index (κ3) is 5.93. The fourth-order valence-electron chi connectivity index (χ4n) is 4.94. The van der Waals surface area contributed by atoms with Crippen LogP contribution in [0.2, 0.25) is 0 Å². The molecule has 4 rings (SSSR count). The number of imidazole rings is 1. The lowest BCUT2D eigenvalue weighted by Gasteiger charge is -2.25. The Labute approximate surface area is 231 Å². The SMILES string of the molecule is CCS(=O)(=O)c1ccc([C@H](CO)NC(=O)c2nc(C3(C)CCCO3)n(Cc3ccccc3C(F)(F)F)c2C)cc1. The van der Waals surface area contributed by atoms with Crippen LogP contribution in [0.3, 0.4) is 0 Å². The number of aliphatic hydroxyl groups excluding tert-OH is 1. The minimum absolute atomic E-state index is 0.000143. The highest BCUT2D eigenvalue weighted by molar-refractivity contribution is 7.91. The molecule has 2 N–H and O–H groups in total. The summed E-state index contributed by atoms with van der Waals surface area (Å²) < 4.78 is 73.0. The van der Waals surface area contributed by atoms with Gasteiger partial charge in [-0.25, -0.2) is 13.4 Å². The van der Waals surface area contributed by atoms with Crippen LogP contribution in [0.15, 0.2) is 53.4 Å². The Balaban J connectivity index is 1.69. The molecule has 2 aromatic carbocycles. The van der Waals surface area contributed by atoms with E-state index >= 15 is 0 Å². The first-order valence-electron chi connectivity index (χ1n) is 12.9. The second kappa shape index (κ2) is 11.3. The molecular weight excluding hydrogens is 547 g/mol. The van der Waals surface area contributed by atoms with Crippen molar-refractivity contribution >= 4 is 15.7 Å².